The molecular weight excluding hydrogens is 319 g/mol. The van der Waals surface area contributed by atoms with Gasteiger partial charge >= 0.3 is 29.6 Å². The number of unbranched alkanes of at least 4 members (excludes halogenated alkanes) is 4. The molecule has 0 saturated carbocycles. The Bertz CT molecular complexity index is 538. The van der Waals surface area contributed by atoms with Crippen molar-refractivity contribution in [1.29, 1.82) is 0 Å². The van der Waals surface area contributed by atoms with Crippen molar-refractivity contribution < 1.29 is 42.5 Å². The summed E-state index contributed by atoms with van der Waals surface area (Å²) in [5.74, 6) is 0.444. The van der Waals surface area contributed by atoms with Crippen molar-refractivity contribution in [2.45, 2.75) is 69.1 Å². The van der Waals surface area contributed by atoms with E-state index in [4.69, 9.17) is 0 Å². The van der Waals surface area contributed by atoms with Crippen LogP contribution in [0.1, 0.15) is 69.8 Å². The van der Waals surface area contributed by atoms with E-state index in [1.165, 1.54) is 31.4 Å². The smallest absolute Gasteiger partial charge is 0.744 e. The number of hydrogen-bond donors (Lipinski definition) is 0. The third-order valence-corrected chi connectivity index (χ3v) is 4.86. The average molecular weight is 346 g/mol. The maximum atomic E-state index is 11.0. The van der Waals surface area contributed by atoms with Crippen LogP contribution in [0.2, 0.25) is 0 Å². The number of hydrogen-bond acceptors (Lipinski definition) is 3. The zero-order valence-corrected chi connectivity index (χ0v) is 17.3. The minimum atomic E-state index is -4.35. The van der Waals surface area contributed by atoms with Crippen LogP contribution in [0.15, 0.2) is 41.8 Å². The minimum absolute atomic E-state index is 0. The SMILES string of the molecule is C=CCCCCC(CCCCC)c1ccc(S(=O)(=O)[O-])cc1.[Na+]. The second-order valence-corrected chi connectivity index (χ2v) is 7.17. The monoisotopic (exact) mass is 346 g/mol. The molecule has 1 aromatic carbocycles. The first-order chi connectivity index (χ1) is 10.5. The van der Waals surface area contributed by atoms with E-state index in [-0.39, 0.29) is 34.5 Å². The van der Waals surface area contributed by atoms with Crippen LogP contribution < -0.4 is 29.6 Å². The van der Waals surface area contributed by atoms with Gasteiger partial charge in [0, 0.05) is 0 Å². The molecule has 0 aliphatic rings. The molecule has 0 radical (unpaired) electrons. The van der Waals surface area contributed by atoms with E-state index in [0.717, 1.165) is 37.7 Å². The van der Waals surface area contributed by atoms with Gasteiger partial charge in [-0.1, -0.05) is 50.8 Å². The van der Waals surface area contributed by atoms with Gasteiger partial charge in [-0.3, -0.25) is 0 Å². The maximum Gasteiger partial charge on any atom is 1.00 e. The van der Waals surface area contributed by atoms with Gasteiger partial charge in [-0.05, 0) is 49.3 Å². The Hall–Kier alpha value is -0.130. The van der Waals surface area contributed by atoms with Gasteiger partial charge in [0.15, 0.2) is 0 Å². The molecule has 0 saturated heterocycles. The summed E-state index contributed by atoms with van der Waals surface area (Å²) in [4.78, 5) is -0.143. The normalized spacial score (nSPS) is 12.4. The van der Waals surface area contributed by atoms with Crippen molar-refractivity contribution in [2.24, 2.45) is 0 Å². The van der Waals surface area contributed by atoms with Crippen molar-refractivity contribution in [1.82, 2.24) is 0 Å². The van der Waals surface area contributed by atoms with Crippen molar-refractivity contribution in [3.63, 3.8) is 0 Å². The molecule has 1 aromatic rings. The van der Waals surface area contributed by atoms with E-state index in [2.05, 4.69) is 13.5 Å². The van der Waals surface area contributed by atoms with Gasteiger partial charge in [-0.15, -0.1) is 6.58 Å². The van der Waals surface area contributed by atoms with Crippen molar-refractivity contribution in [3.8, 4) is 0 Å². The van der Waals surface area contributed by atoms with Crippen LogP contribution in [0.4, 0.5) is 0 Å². The van der Waals surface area contributed by atoms with Crippen molar-refractivity contribution in [3.05, 3.63) is 42.5 Å². The summed E-state index contributed by atoms with van der Waals surface area (Å²) in [7, 11) is -4.35. The summed E-state index contributed by atoms with van der Waals surface area (Å²) in [5, 5.41) is 0. The third-order valence-electron chi connectivity index (χ3n) is 4.01. The van der Waals surface area contributed by atoms with Gasteiger partial charge < -0.3 is 4.55 Å². The Balaban J connectivity index is 0.00000484. The fourth-order valence-corrected chi connectivity index (χ4v) is 3.17. The number of benzene rings is 1. The first-order valence-corrected chi connectivity index (χ1v) is 9.56. The summed E-state index contributed by atoms with van der Waals surface area (Å²) in [6, 6.07) is 6.48. The molecule has 0 aliphatic heterocycles. The van der Waals surface area contributed by atoms with Crippen LogP contribution in [-0.2, 0) is 10.1 Å². The van der Waals surface area contributed by atoms with Crippen LogP contribution in [0.3, 0.4) is 0 Å². The molecular formula is C18H27NaO3S. The predicted octanol–water partition coefficient (Wildman–Crippen LogP) is 2.00. The summed E-state index contributed by atoms with van der Waals surface area (Å²) in [5.41, 5.74) is 1.14. The Morgan fingerprint density at radius 1 is 1.09 bits per heavy atom. The molecule has 0 spiro atoms. The van der Waals surface area contributed by atoms with E-state index in [9.17, 15) is 13.0 Å². The van der Waals surface area contributed by atoms with E-state index < -0.39 is 10.1 Å². The second kappa shape index (κ2) is 12.3. The Labute approximate surface area is 163 Å². The summed E-state index contributed by atoms with van der Waals surface area (Å²) in [6.45, 7) is 5.93. The first-order valence-electron chi connectivity index (χ1n) is 8.15. The Kier molecular flexibility index (Phi) is 12.2. The zero-order valence-electron chi connectivity index (χ0n) is 14.5. The predicted molar refractivity (Wildman–Crippen MR) is 90.0 cm³/mol. The molecule has 0 amide bonds. The first kappa shape index (κ1) is 22.9. The summed E-state index contributed by atoms with van der Waals surface area (Å²) < 4.78 is 33.0. The quantitative estimate of drug-likeness (QED) is 0.266. The summed E-state index contributed by atoms with van der Waals surface area (Å²) >= 11 is 0. The molecule has 124 valence electrons. The molecule has 0 aliphatic carbocycles. The third kappa shape index (κ3) is 9.06. The van der Waals surface area contributed by atoms with Crippen LogP contribution in [0.5, 0.6) is 0 Å². The Morgan fingerprint density at radius 2 is 1.65 bits per heavy atom. The standard InChI is InChI=1S/C18H28O3S.Na/c1-3-5-7-9-11-16(10-8-6-4-2)17-12-14-18(15-13-17)22(19,20)21;/h3,12-16H,1,4-11H2,2H3,(H,19,20,21);/q;+1/p-1. The number of allylic oxidation sites excluding steroid dienone is 1. The minimum Gasteiger partial charge on any atom is -0.744 e. The van der Waals surface area contributed by atoms with Crippen LogP contribution in [0, 0.1) is 0 Å². The van der Waals surface area contributed by atoms with Gasteiger partial charge in [0.1, 0.15) is 10.1 Å². The van der Waals surface area contributed by atoms with E-state index in [0.29, 0.717) is 5.92 Å². The van der Waals surface area contributed by atoms with Gasteiger partial charge in [0.05, 0.1) is 4.90 Å². The van der Waals surface area contributed by atoms with E-state index in [1.54, 1.807) is 12.1 Å². The summed E-state index contributed by atoms with van der Waals surface area (Å²) in [6.07, 6.45) is 11.1. The van der Waals surface area contributed by atoms with E-state index >= 15 is 0 Å². The van der Waals surface area contributed by atoms with Gasteiger partial charge in [-0.2, -0.15) is 0 Å². The number of rotatable bonds is 11. The van der Waals surface area contributed by atoms with Crippen LogP contribution in [0.25, 0.3) is 0 Å². The van der Waals surface area contributed by atoms with Crippen molar-refractivity contribution >= 4 is 10.1 Å². The van der Waals surface area contributed by atoms with Gasteiger partial charge in [-0.25, -0.2) is 8.42 Å². The second-order valence-electron chi connectivity index (χ2n) is 5.79. The molecule has 0 bridgehead atoms. The largest absolute Gasteiger partial charge is 1.00 e. The van der Waals surface area contributed by atoms with Gasteiger partial charge in [0.2, 0.25) is 0 Å². The Morgan fingerprint density at radius 3 is 2.13 bits per heavy atom. The van der Waals surface area contributed by atoms with Crippen molar-refractivity contribution in [2.75, 3.05) is 0 Å². The molecule has 1 unspecified atom stereocenters. The van der Waals surface area contributed by atoms with Crippen LogP contribution in [-0.4, -0.2) is 13.0 Å². The fourth-order valence-electron chi connectivity index (χ4n) is 2.70. The topological polar surface area (TPSA) is 57.2 Å². The molecule has 0 heterocycles. The molecule has 0 fully saturated rings. The molecule has 3 nitrogen and oxygen atoms in total. The molecule has 0 aromatic heterocycles. The fraction of sp³-hybridized carbons (Fsp3) is 0.556. The molecule has 23 heavy (non-hydrogen) atoms. The molecule has 5 heteroatoms. The van der Waals surface area contributed by atoms with Gasteiger partial charge in [0.25, 0.3) is 0 Å². The molecule has 0 N–H and O–H groups in total. The molecule has 1 atom stereocenters. The average Bonchev–Trinajstić information content (AvgIpc) is 2.49. The van der Waals surface area contributed by atoms with E-state index in [1.807, 2.05) is 6.08 Å². The molecule has 1 rings (SSSR count). The zero-order chi connectivity index (χ0) is 16.4. The maximum absolute atomic E-state index is 11.0. The van der Waals surface area contributed by atoms with Crippen LogP contribution >= 0.6 is 0 Å².